The average Bonchev–Trinajstić information content (AvgIpc) is 2.81. The Labute approximate surface area is 188 Å². The summed E-state index contributed by atoms with van der Waals surface area (Å²) < 4.78 is 37.8. The number of amides is 2. The number of benzene rings is 3. The van der Waals surface area contributed by atoms with Gasteiger partial charge in [0.15, 0.2) is 0 Å². The second kappa shape index (κ2) is 10.4. The van der Waals surface area contributed by atoms with Gasteiger partial charge in [-0.15, -0.1) is 11.8 Å². The van der Waals surface area contributed by atoms with Gasteiger partial charge in [-0.1, -0.05) is 36.4 Å². The molecule has 0 fully saturated rings. The third-order valence-corrected chi connectivity index (χ3v) is 5.47. The maximum Gasteiger partial charge on any atom is 0.416 e. The maximum atomic E-state index is 12.6. The summed E-state index contributed by atoms with van der Waals surface area (Å²) in [6, 6.07) is 19.6. The third kappa shape index (κ3) is 6.37. The van der Waals surface area contributed by atoms with Crippen molar-refractivity contribution >= 4 is 23.6 Å². The Morgan fingerprint density at radius 2 is 1.56 bits per heavy atom. The molecule has 3 aromatic carbocycles. The molecule has 8 heteroatoms. The van der Waals surface area contributed by atoms with Crippen LogP contribution in [0.4, 0.5) is 13.2 Å². The van der Waals surface area contributed by atoms with Crippen molar-refractivity contribution in [2.45, 2.75) is 17.6 Å². The van der Waals surface area contributed by atoms with Crippen LogP contribution in [0.3, 0.4) is 0 Å². The van der Waals surface area contributed by atoms with Crippen LogP contribution >= 0.6 is 11.8 Å². The van der Waals surface area contributed by atoms with E-state index in [1.165, 1.54) is 12.1 Å². The van der Waals surface area contributed by atoms with Gasteiger partial charge in [0.25, 0.3) is 5.91 Å². The van der Waals surface area contributed by atoms with E-state index in [4.69, 9.17) is 0 Å². The van der Waals surface area contributed by atoms with Gasteiger partial charge in [0.05, 0.1) is 12.1 Å². The van der Waals surface area contributed by atoms with Crippen molar-refractivity contribution in [2.24, 2.45) is 0 Å². The number of hydrogen-bond acceptors (Lipinski definition) is 3. The van der Waals surface area contributed by atoms with Crippen LogP contribution in [0.2, 0.25) is 0 Å². The highest BCUT2D eigenvalue weighted by Crippen LogP contribution is 2.29. The minimum absolute atomic E-state index is 0.0639. The minimum atomic E-state index is -4.40. The molecule has 4 nitrogen and oxygen atoms in total. The van der Waals surface area contributed by atoms with Gasteiger partial charge < -0.3 is 10.6 Å². The number of rotatable bonds is 7. The van der Waals surface area contributed by atoms with Crippen LogP contribution in [0.5, 0.6) is 0 Å². The van der Waals surface area contributed by atoms with Crippen molar-refractivity contribution in [2.75, 3.05) is 12.8 Å². The number of carbonyl (C=O) groups is 2. The standard InChI is InChI=1S/C24H21F3N2O2S/c1-32-21-11-7-17(8-12-21)18-3-2-4-19(13-18)23(31)29-15-22(30)28-14-16-5-9-20(10-6-16)24(25,26)27/h2-13H,14-15H2,1H3,(H,28,30)(H,29,31). The predicted molar refractivity (Wildman–Crippen MR) is 119 cm³/mol. The molecule has 0 saturated carbocycles. The van der Waals surface area contributed by atoms with E-state index in [0.29, 0.717) is 11.1 Å². The molecule has 3 aromatic rings. The van der Waals surface area contributed by atoms with Gasteiger partial charge in [0.1, 0.15) is 0 Å². The first-order chi connectivity index (χ1) is 15.3. The molecule has 0 aromatic heterocycles. The van der Waals surface area contributed by atoms with E-state index in [2.05, 4.69) is 10.6 Å². The Morgan fingerprint density at radius 3 is 2.19 bits per heavy atom. The minimum Gasteiger partial charge on any atom is -0.350 e. The van der Waals surface area contributed by atoms with E-state index in [1.54, 1.807) is 30.0 Å². The molecule has 3 rings (SSSR count). The van der Waals surface area contributed by atoms with Crippen molar-refractivity contribution in [1.82, 2.24) is 10.6 Å². The highest BCUT2D eigenvalue weighted by Gasteiger charge is 2.29. The molecule has 0 heterocycles. The van der Waals surface area contributed by atoms with Gasteiger partial charge in [-0.3, -0.25) is 9.59 Å². The Morgan fingerprint density at radius 1 is 0.875 bits per heavy atom. The van der Waals surface area contributed by atoms with Crippen LogP contribution in [0.25, 0.3) is 11.1 Å². The molecule has 0 aliphatic rings. The van der Waals surface area contributed by atoms with E-state index < -0.39 is 23.6 Å². The molecular formula is C24H21F3N2O2S. The lowest BCUT2D eigenvalue weighted by molar-refractivity contribution is -0.137. The zero-order valence-electron chi connectivity index (χ0n) is 17.2. The Balaban J connectivity index is 1.52. The molecule has 0 atom stereocenters. The first-order valence-electron chi connectivity index (χ1n) is 9.72. The van der Waals surface area contributed by atoms with Gasteiger partial charge in [-0.2, -0.15) is 13.2 Å². The second-order valence-corrected chi connectivity index (χ2v) is 7.84. The molecule has 0 aliphatic heterocycles. The first-order valence-corrected chi connectivity index (χ1v) is 10.9. The summed E-state index contributed by atoms with van der Waals surface area (Å²) in [6.45, 7) is -0.180. The molecule has 0 spiro atoms. The molecular weight excluding hydrogens is 437 g/mol. The summed E-state index contributed by atoms with van der Waals surface area (Å²) in [5.74, 6) is -0.834. The molecule has 0 bridgehead atoms. The van der Waals surface area contributed by atoms with E-state index in [1.807, 2.05) is 36.6 Å². The van der Waals surface area contributed by atoms with Crippen molar-refractivity contribution < 1.29 is 22.8 Å². The topological polar surface area (TPSA) is 58.2 Å². The fourth-order valence-corrected chi connectivity index (χ4v) is 3.37. The zero-order valence-corrected chi connectivity index (χ0v) is 18.0. The quantitative estimate of drug-likeness (QED) is 0.482. The van der Waals surface area contributed by atoms with Gasteiger partial charge in [-0.05, 0) is 59.3 Å². The maximum absolute atomic E-state index is 12.6. The van der Waals surface area contributed by atoms with Gasteiger partial charge in [0.2, 0.25) is 5.91 Å². The molecule has 0 radical (unpaired) electrons. The summed E-state index contributed by atoms with van der Waals surface area (Å²) in [5, 5.41) is 5.13. The van der Waals surface area contributed by atoms with Crippen LogP contribution in [-0.2, 0) is 17.5 Å². The highest BCUT2D eigenvalue weighted by molar-refractivity contribution is 7.98. The fraction of sp³-hybridized carbons (Fsp3) is 0.167. The lowest BCUT2D eigenvalue weighted by atomic mass is 10.0. The lowest BCUT2D eigenvalue weighted by Crippen LogP contribution is -2.36. The average molecular weight is 459 g/mol. The Bertz CT molecular complexity index is 1080. The molecule has 0 aliphatic carbocycles. The summed E-state index contributed by atoms with van der Waals surface area (Å²) in [5.41, 5.74) is 2.07. The first kappa shape index (κ1) is 23.4. The molecule has 32 heavy (non-hydrogen) atoms. The second-order valence-electron chi connectivity index (χ2n) is 6.96. The van der Waals surface area contributed by atoms with Gasteiger partial charge >= 0.3 is 6.18 Å². The summed E-state index contributed by atoms with van der Waals surface area (Å²) in [6.07, 6.45) is -2.40. The number of hydrogen-bond donors (Lipinski definition) is 2. The zero-order chi connectivity index (χ0) is 23.1. The largest absolute Gasteiger partial charge is 0.416 e. The monoisotopic (exact) mass is 458 g/mol. The van der Waals surface area contributed by atoms with Crippen molar-refractivity contribution in [1.29, 1.82) is 0 Å². The normalized spacial score (nSPS) is 11.1. The van der Waals surface area contributed by atoms with E-state index in [-0.39, 0.29) is 13.1 Å². The number of halogens is 3. The Hall–Kier alpha value is -3.26. The lowest BCUT2D eigenvalue weighted by Gasteiger charge is -2.10. The van der Waals surface area contributed by atoms with Gasteiger partial charge in [0, 0.05) is 17.0 Å². The number of thioether (sulfide) groups is 1. The van der Waals surface area contributed by atoms with Crippen molar-refractivity contribution in [3.8, 4) is 11.1 Å². The van der Waals surface area contributed by atoms with Crippen LogP contribution in [0, 0.1) is 0 Å². The van der Waals surface area contributed by atoms with Gasteiger partial charge in [-0.25, -0.2) is 0 Å². The Kier molecular flexibility index (Phi) is 7.58. The number of nitrogens with one attached hydrogen (secondary N) is 2. The highest BCUT2D eigenvalue weighted by atomic mass is 32.2. The molecule has 2 amide bonds. The predicted octanol–water partition coefficient (Wildman–Crippen LogP) is 5.14. The molecule has 166 valence electrons. The SMILES string of the molecule is CSc1ccc(-c2cccc(C(=O)NCC(=O)NCc3ccc(C(F)(F)F)cc3)c2)cc1. The van der Waals surface area contributed by atoms with Crippen LogP contribution in [0.15, 0.2) is 77.7 Å². The van der Waals surface area contributed by atoms with Crippen LogP contribution in [-0.4, -0.2) is 24.6 Å². The van der Waals surface area contributed by atoms with Crippen molar-refractivity contribution in [3.63, 3.8) is 0 Å². The summed E-state index contributed by atoms with van der Waals surface area (Å²) in [4.78, 5) is 25.6. The third-order valence-electron chi connectivity index (χ3n) is 4.73. The van der Waals surface area contributed by atoms with E-state index >= 15 is 0 Å². The molecule has 2 N–H and O–H groups in total. The summed E-state index contributed by atoms with van der Waals surface area (Å²) >= 11 is 1.65. The summed E-state index contributed by atoms with van der Waals surface area (Å²) in [7, 11) is 0. The van der Waals surface area contributed by atoms with Crippen LogP contribution in [0.1, 0.15) is 21.5 Å². The number of carbonyl (C=O) groups excluding carboxylic acids is 2. The van der Waals surface area contributed by atoms with Crippen molar-refractivity contribution in [3.05, 3.63) is 89.5 Å². The fourth-order valence-electron chi connectivity index (χ4n) is 2.96. The smallest absolute Gasteiger partial charge is 0.350 e. The van der Waals surface area contributed by atoms with Crippen LogP contribution < -0.4 is 10.6 Å². The molecule has 0 unspecified atom stereocenters. The van der Waals surface area contributed by atoms with E-state index in [9.17, 15) is 22.8 Å². The number of alkyl halides is 3. The molecule has 0 saturated heterocycles. The van der Waals surface area contributed by atoms with E-state index in [0.717, 1.165) is 28.2 Å².